The second kappa shape index (κ2) is 16.8. The van der Waals surface area contributed by atoms with Gasteiger partial charge >= 0.3 is 0 Å². The number of nitrogens with one attached hydrogen (secondary N) is 1. The van der Waals surface area contributed by atoms with E-state index in [1.54, 1.807) is 42.5 Å². The number of carbonyl (C=O) groups is 2. The van der Waals surface area contributed by atoms with Crippen molar-refractivity contribution in [1.82, 2.24) is 10.2 Å². The van der Waals surface area contributed by atoms with Gasteiger partial charge in [0.15, 0.2) is 0 Å². The van der Waals surface area contributed by atoms with Gasteiger partial charge in [0, 0.05) is 19.5 Å². The SMILES string of the molecule is Cc1cccc(CN(C(=O)CN(c2ccc(Oc3ccccc3)cc2)S(=O)(=O)c2ccccc2)[C@H](Cc2ccccc2)C(=O)NCC(C)C)c1. The van der Waals surface area contributed by atoms with Crippen LogP contribution in [-0.4, -0.2) is 44.3 Å². The van der Waals surface area contributed by atoms with Crippen LogP contribution in [0.2, 0.25) is 0 Å². The maximum absolute atomic E-state index is 14.7. The first-order chi connectivity index (χ1) is 24.1. The summed E-state index contributed by atoms with van der Waals surface area (Å²) in [6.07, 6.45) is 0.249. The van der Waals surface area contributed by atoms with Crippen molar-refractivity contribution in [3.63, 3.8) is 0 Å². The molecule has 0 aliphatic heterocycles. The molecular weight excluding hydrogens is 647 g/mol. The molecule has 0 radical (unpaired) electrons. The van der Waals surface area contributed by atoms with Crippen LogP contribution in [0.15, 0.2) is 144 Å². The minimum Gasteiger partial charge on any atom is -0.457 e. The van der Waals surface area contributed by atoms with E-state index < -0.39 is 28.5 Å². The first-order valence-corrected chi connectivity index (χ1v) is 18.1. The van der Waals surface area contributed by atoms with Gasteiger partial charge in [0.25, 0.3) is 10.0 Å². The zero-order valence-electron chi connectivity index (χ0n) is 28.6. The number of sulfonamides is 1. The minimum atomic E-state index is -4.22. The third-order valence-corrected chi connectivity index (χ3v) is 9.89. The smallest absolute Gasteiger partial charge is 0.264 e. The highest BCUT2D eigenvalue weighted by Gasteiger charge is 2.34. The third-order valence-electron chi connectivity index (χ3n) is 8.10. The molecule has 0 heterocycles. The highest BCUT2D eigenvalue weighted by molar-refractivity contribution is 7.92. The van der Waals surface area contributed by atoms with E-state index in [4.69, 9.17) is 4.74 Å². The van der Waals surface area contributed by atoms with E-state index in [2.05, 4.69) is 5.32 Å². The maximum Gasteiger partial charge on any atom is 0.264 e. The summed E-state index contributed by atoms with van der Waals surface area (Å²) in [6.45, 7) is 5.98. The fraction of sp³-hybridized carbons (Fsp3) is 0.220. The van der Waals surface area contributed by atoms with Crippen molar-refractivity contribution in [1.29, 1.82) is 0 Å². The number of aryl methyl sites for hydroxylation is 1. The molecule has 2 amide bonds. The summed E-state index contributed by atoms with van der Waals surface area (Å²) in [7, 11) is -4.22. The number of anilines is 1. The molecule has 1 atom stereocenters. The molecule has 0 aromatic heterocycles. The van der Waals surface area contributed by atoms with Gasteiger partial charge in [-0.25, -0.2) is 8.42 Å². The van der Waals surface area contributed by atoms with Crippen LogP contribution in [-0.2, 0) is 32.6 Å². The lowest BCUT2D eigenvalue weighted by Crippen LogP contribution is -2.53. The Hall–Kier alpha value is -5.41. The normalized spacial score (nSPS) is 11.8. The summed E-state index contributed by atoms with van der Waals surface area (Å²) in [6, 6.07) is 40.2. The molecule has 0 spiro atoms. The lowest BCUT2D eigenvalue weighted by atomic mass is 10.0. The van der Waals surface area contributed by atoms with Crippen LogP contribution in [0.1, 0.15) is 30.5 Å². The molecule has 0 saturated heterocycles. The highest BCUT2D eigenvalue weighted by atomic mass is 32.2. The van der Waals surface area contributed by atoms with E-state index in [9.17, 15) is 18.0 Å². The lowest BCUT2D eigenvalue weighted by molar-refractivity contribution is -0.140. The minimum absolute atomic E-state index is 0.0400. The van der Waals surface area contributed by atoms with Gasteiger partial charge in [0.05, 0.1) is 10.6 Å². The van der Waals surface area contributed by atoms with E-state index in [0.717, 1.165) is 21.0 Å². The summed E-state index contributed by atoms with van der Waals surface area (Å²) in [5.74, 6) is 0.516. The molecule has 5 aromatic rings. The number of amides is 2. The van der Waals surface area contributed by atoms with E-state index in [0.29, 0.717) is 18.0 Å². The van der Waals surface area contributed by atoms with Gasteiger partial charge in [0.1, 0.15) is 24.1 Å². The largest absolute Gasteiger partial charge is 0.457 e. The van der Waals surface area contributed by atoms with Gasteiger partial charge in [-0.1, -0.05) is 110 Å². The Kier molecular flexibility index (Phi) is 12.1. The van der Waals surface area contributed by atoms with Crippen LogP contribution < -0.4 is 14.4 Å². The van der Waals surface area contributed by atoms with E-state index in [-0.39, 0.29) is 35.4 Å². The first kappa shape index (κ1) is 35.9. The number of nitrogens with zero attached hydrogens (tertiary/aromatic N) is 2. The fourth-order valence-corrected chi connectivity index (χ4v) is 6.97. The molecule has 5 aromatic carbocycles. The number of benzene rings is 5. The molecule has 9 heteroatoms. The summed E-state index contributed by atoms with van der Waals surface area (Å²) in [5, 5.41) is 3.02. The average Bonchev–Trinajstić information content (AvgIpc) is 3.12. The van der Waals surface area contributed by atoms with Crippen molar-refractivity contribution in [3.05, 3.63) is 156 Å². The Morgan fingerprint density at radius 2 is 1.30 bits per heavy atom. The quantitative estimate of drug-likeness (QED) is 0.124. The molecule has 0 fully saturated rings. The monoisotopic (exact) mass is 689 g/mol. The second-order valence-corrected chi connectivity index (χ2v) is 14.5. The molecule has 258 valence electrons. The highest BCUT2D eigenvalue weighted by Crippen LogP contribution is 2.29. The maximum atomic E-state index is 14.7. The Labute approximate surface area is 295 Å². The average molecular weight is 690 g/mol. The molecule has 0 bridgehead atoms. The van der Waals surface area contributed by atoms with Crippen LogP contribution >= 0.6 is 0 Å². The van der Waals surface area contributed by atoms with Crippen LogP contribution in [0.4, 0.5) is 5.69 Å². The predicted octanol–water partition coefficient (Wildman–Crippen LogP) is 7.39. The Morgan fingerprint density at radius 3 is 1.92 bits per heavy atom. The van der Waals surface area contributed by atoms with E-state index in [1.807, 2.05) is 106 Å². The van der Waals surface area contributed by atoms with Gasteiger partial charge in [-0.3, -0.25) is 13.9 Å². The number of carbonyl (C=O) groups excluding carboxylic acids is 2. The van der Waals surface area contributed by atoms with Crippen molar-refractivity contribution < 1.29 is 22.7 Å². The van der Waals surface area contributed by atoms with Crippen molar-refractivity contribution in [2.24, 2.45) is 5.92 Å². The predicted molar refractivity (Wildman–Crippen MR) is 197 cm³/mol. The molecule has 5 rings (SSSR count). The van der Waals surface area contributed by atoms with Crippen LogP contribution in [0.5, 0.6) is 11.5 Å². The Morgan fingerprint density at radius 1 is 0.720 bits per heavy atom. The topological polar surface area (TPSA) is 96.0 Å². The summed E-state index contributed by atoms with van der Waals surface area (Å²) in [5.41, 5.74) is 2.99. The molecule has 0 aliphatic carbocycles. The van der Waals surface area contributed by atoms with Crippen molar-refractivity contribution in [2.45, 2.75) is 44.7 Å². The van der Waals surface area contributed by atoms with Gasteiger partial charge < -0.3 is 15.0 Å². The number of para-hydroxylation sites is 1. The zero-order chi connectivity index (χ0) is 35.5. The molecule has 0 unspecified atom stereocenters. The molecule has 0 aliphatic rings. The number of hydrogen-bond donors (Lipinski definition) is 1. The zero-order valence-corrected chi connectivity index (χ0v) is 29.4. The van der Waals surface area contributed by atoms with E-state index >= 15 is 0 Å². The summed E-state index contributed by atoms with van der Waals surface area (Å²) < 4.78 is 35.6. The second-order valence-electron chi connectivity index (χ2n) is 12.6. The van der Waals surface area contributed by atoms with Crippen LogP contribution in [0.25, 0.3) is 0 Å². The molecule has 50 heavy (non-hydrogen) atoms. The summed E-state index contributed by atoms with van der Waals surface area (Å²) in [4.78, 5) is 30.2. The Balaban J connectivity index is 1.54. The lowest BCUT2D eigenvalue weighted by Gasteiger charge is -2.34. The number of hydrogen-bond acceptors (Lipinski definition) is 5. The summed E-state index contributed by atoms with van der Waals surface area (Å²) >= 11 is 0. The van der Waals surface area contributed by atoms with Gasteiger partial charge in [-0.2, -0.15) is 0 Å². The molecule has 0 saturated carbocycles. The molecule has 1 N–H and O–H groups in total. The van der Waals surface area contributed by atoms with Crippen LogP contribution in [0.3, 0.4) is 0 Å². The Bertz CT molecular complexity index is 1950. The van der Waals surface area contributed by atoms with Gasteiger partial charge in [-0.05, 0) is 72.5 Å². The first-order valence-electron chi connectivity index (χ1n) is 16.7. The third kappa shape index (κ3) is 9.60. The number of ether oxygens (including phenoxy) is 1. The van der Waals surface area contributed by atoms with Crippen molar-refractivity contribution >= 4 is 27.5 Å². The van der Waals surface area contributed by atoms with E-state index in [1.165, 1.54) is 17.0 Å². The van der Waals surface area contributed by atoms with Crippen LogP contribution in [0, 0.1) is 12.8 Å². The van der Waals surface area contributed by atoms with Gasteiger partial charge in [0.2, 0.25) is 11.8 Å². The standard InChI is InChI=1S/C41H43N3O5S/c1-31(2)28-42-41(46)39(27-33-15-7-4-8-16-33)43(29-34-17-13-14-32(3)26-34)40(45)30-44(50(47,48)38-20-11-6-12-21-38)35-22-24-37(25-23-35)49-36-18-9-5-10-19-36/h4-26,31,39H,27-30H2,1-3H3,(H,42,46)/t39-/m1/s1. The van der Waals surface area contributed by atoms with Crippen molar-refractivity contribution in [2.75, 3.05) is 17.4 Å². The molecule has 8 nitrogen and oxygen atoms in total. The number of rotatable bonds is 15. The fourth-order valence-electron chi connectivity index (χ4n) is 5.54. The van der Waals surface area contributed by atoms with Gasteiger partial charge in [-0.15, -0.1) is 0 Å². The van der Waals surface area contributed by atoms with Crippen molar-refractivity contribution in [3.8, 4) is 11.5 Å². The molecular formula is C41H43N3O5S.